The molecule has 1 unspecified atom stereocenters. The predicted octanol–water partition coefficient (Wildman–Crippen LogP) is 2.07. The molecule has 0 spiro atoms. The minimum absolute atomic E-state index is 0.234. The van der Waals surface area contributed by atoms with E-state index in [1.54, 1.807) is 0 Å². The lowest BCUT2D eigenvalue weighted by Crippen LogP contribution is -2.35. The van der Waals surface area contributed by atoms with Gasteiger partial charge in [-0.3, -0.25) is 4.79 Å². The number of carbonyl (C=O) groups excluding carboxylic acids is 1. The van der Waals surface area contributed by atoms with Gasteiger partial charge in [0.2, 0.25) is 5.91 Å². The highest BCUT2D eigenvalue weighted by molar-refractivity contribution is 5.76. The molecule has 3 nitrogen and oxygen atoms in total. The Morgan fingerprint density at radius 3 is 2.62 bits per heavy atom. The fraction of sp³-hybridized carbons (Fsp3) is 0.923. The molecule has 3 heteroatoms. The van der Waals surface area contributed by atoms with Crippen molar-refractivity contribution in [1.82, 2.24) is 10.6 Å². The maximum absolute atomic E-state index is 11.6. The van der Waals surface area contributed by atoms with E-state index in [1.807, 2.05) is 0 Å². The van der Waals surface area contributed by atoms with Crippen molar-refractivity contribution in [3.05, 3.63) is 0 Å². The van der Waals surface area contributed by atoms with Crippen LogP contribution < -0.4 is 10.6 Å². The Kier molecular flexibility index (Phi) is 6.46. The third kappa shape index (κ3) is 5.50. The number of hydrogen-bond donors (Lipinski definition) is 2. The predicted molar refractivity (Wildman–Crippen MR) is 67.3 cm³/mol. The molecule has 1 rings (SSSR count). The van der Waals surface area contributed by atoms with Gasteiger partial charge < -0.3 is 10.6 Å². The van der Waals surface area contributed by atoms with Crippen LogP contribution in [0.2, 0.25) is 0 Å². The Balaban J connectivity index is 1.97. The lowest BCUT2D eigenvalue weighted by Gasteiger charge is -2.12. The van der Waals surface area contributed by atoms with Crippen molar-refractivity contribution in [3.63, 3.8) is 0 Å². The van der Waals surface area contributed by atoms with Crippen LogP contribution in [-0.2, 0) is 4.79 Å². The van der Waals surface area contributed by atoms with Crippen molar-refractivity contribution in [2.45, 2.75) is 58.4 Å². The van der Waals surface area contributed by atoms with Gasteiger partial charge in [0.05, 0.1) is 0 Å². The van der Waals surface area contributed by atoms with E-state index in [0.717, 1.165) is 25.9 Å². The lowest BCUT2D eigenvalue weighted by molar-refractivity contribution is -0.121. The molecule has 0 saturated heterocycles. The van der Waals surface area contributed by atoms with Crippen LogP contribution in [0.25, 0.3) is 0 Å². The second kappa shape index (κ2) is 7.66. The Morgan fingerprint density at radius 2 is 2.00 bits per heavy atom. The van der Waals surface area contributed by atoms with Crippen LogP contribution in [0.4, 0.5) is 0 Å². The Labute approximate surface area is 99.4 Å². The summed E-state index contributed by atoms with van der Waals surface area (Å²) in [5.74, 6) is 0.889. The van der Waals surface area contributed by atoms with Gasteiger partial charge in [-0.25, -0.2) is 0 Å². The quantitative estimate of drug-likeness (QED) is 0.653. The highest BCUT2D eigenvalue weighted by Gasteiger charge is 2.17. The summed E-state index contributed by atoms with van der Waals surface area (Å²) in [6, 6.07) is 0.548. The summed E-state index contributed by atoms with van der Waals surface area (Å²) in [5.41, 5.74) is 0. The second-order valence-corrected chi connectivity index (χ2v) is 4.97. The molecule has 1 atom stereocenters. The molecule has 0 radical (unpaired) electrons. The van der Waals surface area contributed by atoms with Crippen LogP contribution in [0, 0.1) is 5.92 Å². The first-order valence-electron chi connectivity index (χ1n) is 6.72. The normalized spacial score (nSPS) is 18.6. The van der Waals surface area contributed by atoms with E-state index in [4.69, 9.17) is 0 Å². The molecular weight excluding hydrogens is 200 g/mol. The second-order valence-electron chi connectivity index (χ2n) is 4.97. The van der Waals surface area contributed by atoms with Gasteiger partial charge >= 0.3 is 0 Å². The summed E-state index contributed by atoms with van der Waals surface area (Å²) >= 11 is 0. The van der Waals surface area contributed by atoms with Crippen LogP contribution in [0.1, 0.15) is 52.4 Å². The van der Waals surface area contributed by atoms with Crippen LogP contribution >= 0.6 is 0 Å². The molecule has 0 bridgehead atoms. The van der Waals surface area contributed by atoms with Crippen molar-refractivity contribution in [2.75, 3.05) is 13.1 Å². The summed E-state index contributed by atoms with van der Waals surface area (Å²) in [6.07, 6.45) is 7.00. The first-order valence-corrected chi connectivity index (χ1v) is 6.72. The van der Waals surface area contributed by atoms with Crippen molar-refractivity contribution < 1.29 is 4.79 Å². The van der Waals surface area contributed by atoms with Gasteiger partial charge in [-0.2, -0.15) is 0 Å². The topological polar surface area (TPSA) is 41.1 Å². The van der Waals surface area contributed by atoms with Crippen LogP contribution in [-0.4, -0.2) is 25.0 Å². The molecule has 0 aromatic heterocycles. The van der Waals surface area contributed by atoms with Crippen molar-refractivity contribution in [2.24, 2.45) is 5.92 Å². The summed E-state index contributed by atoms with van der Waals surface area (Å²) in [6.45, 7) is 5.97. The molecule has 0 heterocycles. The summed E-state index contributed by atoms with van der Waals surface area (Å²) in [5, 5.41) is 6.35. The van der Waals surface area contributed by atoms with Crippen molar-refractivity contribution in [3.8, 4) is 0 Å². The zero-order valence-corrected chi connectivity index (χ0v) is 10.7. The first-order chi connectivity index (χ1) is 7.72. The Bertz CT molecular complexity index is 200. The van der Waals surface area contributed by atoms with Gasteiger partial charge in [-0.1, -0.05) is 19.8 Å². The minimum Gasteiger partial charge on any atom is -0.355 e. The molecule has 94 valence electrons. The molecule has 1 aliphatic rings. The molecule has 16 heavy (non-hydrogen) atoms. The number of rotatable bonds is 7. The first kappa shape index (κ1) is 13.5. The van der Waals surface area contributed by atoms with Gasteiger partial charge in [0.1, 0.15) is 0 Å². The van der Waals surface area contributed by atoms with Gasteiger partial charge in [0.25, 0.3) is 0 Å². The number of hydrogen-bond acceptors (Lipinski definition) is 2. The fourth-order valence-electron chi connectivity index (χ4n) is 2.21. The number of nitrogens with one attached hydrogen (secondary N) is 2. The standard InChI is InChI=1S/C13H26N2O/c1-3-11(2)14-8-9-15-13(16)10-12-6-4-5-7-12/h11-12,14H,3-10H2,1-2H3,(H,15,16). The van der Waals surface area contributed by atoms with Crippen LogP contribution in [0.5, 0.6) is 0 Å². The third-order valence-corrected chi connectivity index (χ3v) is 3.50. The van der Waals surface area contributed by atoms with E-state index in [2.05, 4.69) is 24.5 Å². The van der Waals surface area contributed by atoms with E-state index < -0.39 is 0 Å². The van der Waals surface area contributed by atoms with Gasteiger partial charge in [-0.05, 0) is 32.1 Å². The van der Waals surface area contributed by atoms with E-state index in [-0.39, 0.29) is 5.91 Å². The fourth-order valence-corrected chi connectivity index (χ4v) is 2.21. The SMILES string of the molecule is CCC(C)NCCNC(=O)CC1CCCC1. The molecule has 0 aliphatic heterocycles. The molecule has 1 fully saturated rings. The van der Waals surface area contributed by atoms with E-state index >= 15 is 0 Å². The highest BCUT2D eigenvalue weighted by Crippen LogP contribution is 2.27. The molecule has 2 N–H and O–H groups in total. The minimum atomic E-state index is 0.234. The Morgan fingerprint density at radius 1 is 1.31 bits per heavy atom. The van der Waals surface area contributed by atoms with Gasteiger partial charge in [0.15, 0.2) is 0 Å². The molecule has 1 amide bonds. The van der Waals surface area contributed by atoms with Gasteiger partial charge in [-0.15, -0.1) is 0 Å². The summed E-state index contributed by atoms with van der Waals surface area (Å²) in [7, 11) is 0. The van der Waals surface area contributed by atoms with Crippen LogP contribution in [0.15, 0.2) is 0 Å². The smallest absolute Gasteiger partial charge is 0.220 e. The largest absolute Gasteiger partial charge is 0.355 e. The monoisotopic (exact) mass is 226 g/mol. The van der Waals surface area contributed by atoms with Crippen molar-refractivity contribution in [1.29, 1.82) is 0 Å². The van der Waals surface area contributed by atoms with Crippen LogP contribution in [0.3, 0.4) is 0 Å². The zero-order chi connectivity index (χ0) is 11.8. The molecule has 0 aromatic rings. The molecule has 1 saturated carbocycles. The average molecular weight is 226 g/mol. The summed E-state index contributed by atoms with van der Waals surface area (Å²) in [4.78, 5) is 11.6. The van der Waals surface area contributed by atoms with Gasteiger partial charge in [0, 0.05) is 25.6 Å². The Hall–Kier alpha value is -0.570. The maximum atomic E-state index is 11.6. The van der Waals surface area contributed by atoms with E-state index in [9.17, 15) is 4.79 Å². The van der Waals surface area contributed by atoms with Crippen molar-refractivity contribution >= 4 is 5.91 Å². The molecule has 0 aromatic carbocycles. The lowest BCUT2D eigenvalue weighted by atomic mass is 10.0. The number of amides is 1. The highest BCUT2D eigenvalue weighted by atomic mass is 16.1. The average Bonchev–Trinajstić information content (AvgIpc) is 2.76. The van der Waals surface area contributed by atoms with E-state index in [0.29, 0.717) is 12.0 Å². The third-order valence-electron chi connectivity index (χ3n) is 3.50. The molecule has 1 aliphatic carbocycles. The zero-order valence-electron chi connectivity index (χ0n) is 10.7. The summed E-state index contributed by atoms with van der Waals surface area (Å²) < 4.78 is 0. The van der Waals surface area contributed by atoms with E-state index in [1.165, 1.54) is 25.7 Å². The maximum Gasteiger partial charge on any atom is 0.220 e. The molecular formula is C13H26N2O. The number of carbonyl (C=O) groups is 1.